The zero-order chi connectivity index (χ0) is 11.4. The maximum Gasteiger partial charge on any atom is 0.374 e. The normalized spacial score (nSPS) is 12.0. The lowest BCUT2D eigenvalue weighted by atomic mass is 10.2. The van der Waals surface area contributed by atoms with E-state index in [1.54, 1.807) is 0 Å². The molecule has 1 unspecified atom stereocenters. The van der Waals surface area contributed by atoms with E-state index in [2.05, 4.69) is 0 Å². The molecule has 6 heteroatoms. The van der Waals surface area contributed by atoms with Gasteiger partial charge in [0.1, 0.15) is 6.42 Å². The maximum absolute atomic E-state index is 10.8. The van der Waals surface area contributed by atoms with E-state index in [9.17, 15) is 9.59 Å². The molecule has 1 aromatic rings. The number of aromatic nitrogens is 1. The molecule has 3 N–H and O–H groups in total. The first-order chi connectivity index (χ1) is 7.00. The predicted octanol–water partition coefficient (Wildman–Crippen LogP) is -0.220. The Labute approximate surface area is 85.0 Å². The SMILES string of the molecule is O=C(O)CC(C(=O)O)[n+]1cccc(O)c1. The van der Waals surface area contributed by atoms with Crippen molar-refractivity contribution in [3.63, 3.8) is 0 Å². The zero-order valence-corrected chi connectivity index (χ0v) is 7.70. The summed E-state index contributed by atoms with van der Waals surface area (Å²) in [6.07, 6.45) is 2.02. The molecule has 0 saturated heterocycles. The Hall–Kier alpha value is -2.11. The van der Waals surface area contributed by atoms with Gasteiger partial charge in [-0.05, 0) is 6.07 Å². The quantitative estimate of drug-likeness (QED) is 0.599. The second kappa shape index (κ2) is 4.41. The zero-order valence-electron chi connectivity index (χ0n) is 7.70. The highest BCUT2D eigenvalue weighted by molar-refractivity contribution is 5.77. The van der Waals surface area contributed by atoms with Crippen molar-refractivity contribution in [2.24, 2.45) is 0 Å². The first-order valence-electron chi connectivity index (χ1n) is 4.15. The summed E-state index contributed by atoms with van der Waals surface area (Å²) in [6.45, 7) is 0. The van der Waals surface area contributed by atoms with Crippen LogP contribution in [0.1, 0.15) is 12.5 Å². The summed E-state index contributed by atoms with van der Waals surface area (Å²) in [5.41, 5.74) is 0. The van der Waals surface area contributed by atoms with Crippen LogP contribution in [-0.2, 0) is 9.59 Å². The molecule has 1 aromatic heterocycles. The third kappa shape index (κ3) is 2.94. The average molecular weight is 212 g/mol. The minimum atomic E-state index is -1.26. The molecule has 0 aliphatic heterocycles. The number of hydrogen-bond donors (Lipinski definition) is 3. The molecule has 0 spiro atoms. The molecule has 15 heavy (non-hydrogen) atoms. The van der Waals surface area contributed by atoms with Gasteiger partial charge in [0.05, 0.1) is 0 Å². The van der Waals surface area contributed by atoms with Crippen LogP contribution in [-0.4, -0.2) is 27.3 Å². The van der Waals surface area contributed by atoms with Crippen LogP contribution in [0.25, 0.3) is 0 Å². The van der Waals surface area contributed by atoms with Crippen LogP contribution in [0.5, 0.6) is 5.75 Å². The summed E-state index contributed by atoms with van der Waals surface area (Å²) in [4.78, 5) is 21.2. The monoisotopic (exact) mass is 212 g/mol. The van der Waals surface area contributed by atoms with Crippen molar-refractivity contribution in [1.29, 1.82) is 0 Å². The van der Waals surface area contributed by atoms with Crippen molar-refractivity contribution in [1.82, 2.24) is 0 Å². The van der Waals surface area contributed by atoms with Crippen molar-refractivity contribution >= 4 is 11.9 Å². The molecule has 0 aliphatic rings. The summed E-state index contributed by atoms with van der Waals surface area (Å²) in [7, 11) is 0. The summed E-state index contributed by atoms with van der Waals surface area (Å²) in [5.74, 6) is -2.58. The highest BCUT2D eigenvalue weighted by atomic mass is 16.4. The molecule has 0 bridgehead atoms. The third-order valence-corrected chi connectivity index (χ3v) is 1.82. The number of carboxylic acids is 2. The van der Waals surface area contributed by atoms with Gasteiger partial charge in [0, 0.05) is 6.07 Å². The van der Waals surface area contributed by atoms with Gasteiger partial charge in [-0.2, -0.15) is 4.57 Å². The minimum absolute atomic E-state index is 0.117. The van der Waals surface area contributed by atoms with E-state index in [0.29, 0.717) is 0 Å². The van der Waals surface area contributed by atoms with Crippen molar-refractivity contribution in [2.45, 2.75) is 12.5 Å². The van der Waals surface area contributed by atoms with Gasteiger partial charge in [0.2, 0.25) is 6.20 Å². The van der Waals surface area contributed by atoms with Gasteiger partial charge < -0.3 is 15.3 Å². The van der Waals surface area contributed by atoms with Crippen LogP contribution in [0.3, 0.4) is 0 Å². The molecule has 0 radical (unpaired) electrons. The molecular weight excluding hydrogens is 202 g/mol. The number of nitrogens with zero attached hydrogens (tertiary/aromatic N) is 1. The van der Waals surface area contributed by atoms with E-state index in [1.807, 2.05) is 0 Å². The summed E-state index contributed by atoms with van der Waals surface area (Å²) in [5, 5.41) is 26.4. The molecule has 0 aromatic carbocycles. The van der Waals surface area contributed by atoms with Crippen LogP contribution < -0.4 is 4.57 Å². The Balaban J connectivity index is 2.98. The number of hydrogen-bond acceptors (Lipinski definition) is 3. The van der Waals surface area contributed by atoms with E-state index >= 15 is 0 Å². The van der Waals surface area contributed by atoms with E-state index in [1.165, 1.54) is 24.5 Å². The van der Waals surface area contributed by atoms with Gasteiger partial charge >= 0.3 is 11.9 Å². The number of aliphatic carboxylic acids is 2. The Bertz CT molecular complexity index is 390. The minimum Gasteiger partial charge on any atom is -0.503 e. The summed E-state index contributed by atoms with van der Waals surface area (Å²) >= 11 is 0. The molecule has 80 valence electrons. The third-order valence-electron chi connectivity index (χ3n) is 1.82. The van der Waals surface area contributed by atoms with E-state index < -0.39 is 24.4 Å². The molecule has 1 atom stereocenters. The van der Waals surface area contributed by atoms with Gasteiger partial charge in [0.15, 0.2) is 11.9 Å². The Morgan fingerprint density at radius 1 is 1.40 bits per heavy atom. The molecule has 1 heterocycles. The Kier molecular flexibility index (Phi) is 3.22. The fraction of sp³-hybridized carbons (Fsp3) is 0.222. The van der Waals surface area contributed by atoms with Crippen LogP contribution in [0, 0.1) is 0 Å². The molecule has 1 rings (SSSR count). The second-order valence-electron chi connectivity index (χ2n) is 2.96. The first kappa shape index (κ1) is 11.0. The summed E-state index contributed by atoms with van der Waals surface area (Å²) < 4.78 is 1.14. The predicted molar refractivity (Wildman–Crippen MR) is 47.2 cm³/mol. The molecule has 6 nitrogen and oxygen atoms in total. The van der Waals surface area contributed by atoms with E-state index in [4.69, 9.17) is 15.3 Å². The Morgan fingerprint density at radius 2 is 2.07 bits per heavy atom. The first-order valence-corrected chi connectivity index (χ1v) is 4.15. The fourth-order valence-electron chi connectivity index (χ4n) is 1.16. The topological polar surface area (TPSA) is 98.7 Å². The maximum atomic E-state index is 10.8. The largest absolute Gasteiger partial charge is 0.503 e. The van der Waals surface area contributed by atoms with Crippen LogP contribution in [0.4, 0.5) is 0 Å². The molecule has 0 amide bonds. The lowest BCUT2D eigenvalue weighted by molar-refractivity contribution is -0.710. The standard InChI is InChI=1S/C9H9NO5/c11-6-2-1-3-10(5-6)7(9(14)15)4-8(12)13/h1-3,5,7H,4H2,(H2-,11,12,13,14,15)/p+1. The molecular formula is C9H10NO5+. The van der Waals surface area contributed by atoms with E-state index in [0.717, 1.165) is 4.57 Å². The smallest absolute Gasteiger partial charge is 0.374 e. The van der Waals surface area contributed by atoms with Gasteiger partial charge in [-0.3, -0.25) is 4.79 Å². The highest BCUT2D eigenvalue weighted by Crippen LogP contribution is 2.07. The lowest BCUT2D eigenvalue weighted by Gasteiger charge is -2.04. The van der Waals surface area contributed by atoms with Crippen LogP contribution >= 0.6 is 0 Å². The lowest BCUT2D eigenvalue weighted by Crippen LogP contribution is -2.44. The number of pyridine rings is 1. The van der Waals surface area contributed by atoms with Crippen molar-refractivity contribution in [2.75, 3.05) is 0 Å². The number of carbonyl (C=O) groups is 2. The van der Waals surface area contributed by atoms with Gasteiger partial charge in [0.25, 0.3) is 6.04 Å². The number of rotatable bonds is 4. The molecule has 0 aliphatic carbocycles. The second-order valence-corrected chi connectivity index (χ2v) is 2.96. The van der Waals surface area contributed by atoms with Crippen molar-refractivity contribution < 1.29 is 29.5 Å². The van der Waals surface area contributed by atoms with Gasteiger partial charge in [-0.25, -0.2) is 4.79 Å². The van der Waals surface area contributed by atoms with Gasteiger partial charge in [-0.1, -0.05) is 0 Å². The molecule has 0 fully saturated rings. The number of aromatic hydroxyl groups is 1. The van der Waals surface area contributed by atoms with Crippen LogP contribution in [0.2, 0.25) is 0 Å². The molecule has 0 saturated carbocycles. The highest BCUT2D eigenvalue weighted by Gasteiger charge is 2.30. The van der Waals surface area contributed by atoms with Gasteiger partial charge in [-0.15, -0.1) is 0 Å². The summed E-state index contributed by atoms with van der Waals surface area (Å²) in [6, 6.07) is 1.60. The average Bonchev–Trinajstić information content (AvgIpc) is 2.13. The van der Waals surface area contributed by atoms with E-state index in [-0.39, 0.29) is 5.75 Å². The van der Waals surface area contributed by atoms with Crippen molar-refractivity contribution in [3.05, 3.63) is 24.5 Å². The number of carboxylic acid groups (broad SMARTS) is 2. The van der Waals surface area contributed by atoms with Crippen molar-refractivity contribution in [3.8, 4) is 5.75 Å². The Morgan fingerprint density at radius 3 is 2.53 bits per heavy atom. The van der Waals surface area contributed by atoms with Crippen LogP contribution in [0.15, 0.2) is 24.5 Å². The fourth-order valence-corrected chi connectivity index (χ4v) is 1.16.